The molecule has 0 aromatic heterocycles. The fraction of sp³-hybridized carbons (Fsp3) is 0.0323. The van der Waals surface area contributed by atoms with Crippen LogP contribution in [-0.4, -0.2) is 0 Å². The zero-order valence-electron chi connectivity index (χ0n) is 33.6. The third-order valence-corrected chi connectivity index (χ3v) is 15.8. The van der Waals surface area contributed by atoms with Gasteiger partial charge in [0, 0.05) is 0 Å². The van der Waals surface area contributed by atoms with Gasteiger partial charge in [0.05, 0.1) is 10.8 Å². The third kappa shape index (κ3) is 3.31. The summed E-state index contributed by atoms with van der Waals surface area (Å²) in [4.78, 5) is 0. The minimum absolute atomic E-state index is 0.356. The summed E-state index contributed by atoms with van der Waals surface area (Å²) >= 11 is 0. The molecule has 0 radical (unpaired) electrons. The highest BCUT2D eigenvalue weighted by Gasteiger charge is 2.52. The normalized spacial score (nSPS) is 15.0. The van der Waals surface area contributed by atoms with E-state index in [1.807, 2.05) is 0 Å². The molecule has 0 bridgehead atoms. The second-order valence-electron chi connectivity index (χ2n) is 18.1. The van der Waals surface area contributed by atoms with E-state index < -0.39 is 0 Å². The monoisotopic (exact) mass is 778 g/mol. The number of rotatable bonds is 1. The topological polar surface area (TPSA) is 0 Å². The first-order chi connectivity index (χ1) is 30.8. The van der Waals surface area contributed by atoms with Crippen LogP contribution in [0, 0.1) is 0 Å². The first-order valence-electron chi connectivity index (χ1n) is 22.0. The van der Waals surface area contributed by atoms with Crippen molar-refractivity contribution in [2.45, 2.75) is 10.8 Å². The highest BCUT2D eigenvalue weighted by molar-refractivity contribution is 6.34. The summed E-state index contributed by atoms with van der Waals surface area (Å²) in [5.74, 6) is 0. The first kappa shape index (κ1) is 32.0. The average Bonchev–Trinajstić information content (AvgIpc) is 4.03. The Morgan fingerprint density at radius 1 is 0.194 bits per heavy atom. The second kappa shape index (κ2) is 10.7. The van der Waals surface area contributed by atoms with Gasteiger partial charge in [0.25, 0.3) is 0 Å². The Morgan fingerprint density at radius 2 is 0.516 bits per heavy atom. The summed E-state index contributed by atoms with van der Waals surface area (Å²) in [5, 5.41) is 16.2. The van der Waals surface area contributed by atoms with Crippen LogP contribution < -0.4 is 0 Å². The molecule has 0 unspecified atom stereocenters. The molecule has 0 heteroatoms. The average molecular weight is 779 g/mol. The van der Waals surface area contributed by atoms with Crippen molar-refractivity contribution >= 4 is 64.6 Å². The summed E-state index contributed by atoms with van der Waals surface area (Å²) in [7, 11) is 0. The van der Waals surface area contributed by atoms with E-state index in [1.165, 1.54) is 143 Å². The van der Waals surface area contributed by atoms with Crippen molar-refractivity contribution in [3.63, 3.8) is 0 Å². The van der Waals surface area contributed by atoms with Crippen LogP contribution in [0.3, 0.4) is 0 Å². The van der Waals surface area contributed by atoms with Crippen molar-refractivity contribution in [3.8, 4) is 33.4 Å². The van der Waals surface area contributed by atoms with Gasteiger partial charge in [0.15, 0.2) is 0 Å². The molecule has 0 amide bonds. The van der Waals surface area contributed by atoms with Gasteiger partial charge in [-0.1, -0.05) is 200 Å². The van der Waals surface area contributed by atoms with Gasteiger partial charge in [-0.3, -0.25) is 0 Å². The van der Waals surface area contributed by atoms with Gasteiger partial charge in [0.2, 0.25) is 0 Å². The zero-order chi connectivity index (χ0) is 40.1. The van der Waals surface area contributed by atoms with Crippen LogP contribution in [0.4, 0.5) is 0 Å². The first-order valence-corrected chi connectivity index (χ1v) is 22.0. The molecule has 0 heterocycles. The molecule has 0 fully saturated rings. The van der Waals surface area contributed by atoms with E-state index in [0.717, 1.165) is 0 Å². The Hall–Kier alpha value is -7.80. The highest BCUT2D eigenvalue weighted by atomic mass is 14.5. The van der Waals surface area contributed by atoms with Crippen LogP contribution in [0.1, 0.15) is 44.5 Å². The van der Waals surface area contributed by atoms with Crippen molar-refractivity contribution in [1.82, 2.24) is 0 Å². The fourth-order valence-corrected chi connectivity index (χ4v) is 13.8. The molecule has 62 heavy (non-hydrogen) atoms. The molecule has 0 N–H and O–H groups in total. The van der Waals surface area contributed by atoms with Gasteiger partial charge in [0.1, 0.15) is 0 Å². The second-order valence-corrected chi connectivity index (χ2v) is 18.1. The van der Waals surface area contributed by atoms with Crippen molar-refractivity contribution in [2.75, 3.05) is 0 Å². The Kier molecular flexibility index (Phi) is 5.55. The molecule has 16 rings (SSSR count). The number of fused-ring (bicyclic) bond motifs is 20. The maximum Gasteiger partial charge on any atom is 0.0725 e. The molecular weight excluding hydrogens is 745 g/mol. The molecule has 0 saturated heterocycles. The predicted octanol–water partition coefficient (Wildman–Crippen LogP) is 15.6. The molecule has 12 aromatic carbocycles. The van der Waals surface area contributed by atoms with E-state index in [2.05, 4.69) is 206 Å². The number of benzene rings is 12. The highest BCUT2D eigenvalue weighted by Crippen LogP contribution is 2.65. The van der Waals surface area contributed by atoms with Gasteiger partial charge >= 0.3 is 0 Å². The van der Waals surface area contributed by atoms with E-state index >= 15 is 0 Å². The van der Waals surface area contributed by atoms with Gasteiger partial charge < -0.3 is 0 Å². The van der Waals surface area contributed by atoms with Crippen LogP contribution >= 0.6 is 0 Å². The number of hydrogen-bond donors (Lipinski definition) is 0. The smallest absolute Gasteiger partial charge is 0.0619 e. The Labute approximate surface area is 358 Å². The molecular formula is C62H34. The maximum atomic E-state index is 2.51. The van der Waals surface area contributed by atoms with Gasteiger partial charge in [-0.25, -0.2) is 0 Å². The Morgan fingerprint density at radius 3 is 0.984 bits per heavy atom. The summed E-state index contributed by atoms with van der Waals surface area (Å²) in [6, 6.07) is 79.3. The van der Waals surface area contributed by atoms with E-state index in [0.29, 0.717) is 0 Å². The molecule has 12 aromatic rings. The molecule has 0 nitrogen and oxygen atoms in total. The number of hydrogen-bond acceptors (Lipinski definition) is 0. The fourth-order valence-electron chi connectivity index (χ4n) is 13.8. The van der Waals surface area contributed by atoms with Crippen LogP contribution in [0.2, 0.25) is 0 Å². The van der Waals surface area contributed by atoms with E-state index in [9.17, 15) is 0 Å². The van der Waals surface area contributed by atoms with Gasteiger partial charge in [-0.05, 0) is 149 Å². The zero-order valence-corrected chi connectivity index (χ0v) is 33.6. The van der Waals surface area contributed by atoms with Crippen molar-refractivity contribution in [3.05, 3.63) is 251 Å². The van der Waals surface area contributed by atoms with E-state index in [-0.39, 0.29) is 10.8 Å². The third-order valence-electron chi connectivity index (χ3n) is 15.8. The SMILES string of the molecule is c1ccc2c(c1)-c1ccccc1C21c2cccc3c4ccc(-c5cccc6c7cccc8c7c7c(cccc7c56)C85c6ccccc6-c6ccccc65)cc4c4cccc1c4c23. The van der Waals surface area contributed by atoms with Gasteiger partial charge in [-0.15, -0.1) is 0 Å². The Balaban J connectivity index is 1.00. The lowest BCUT2D eigenvalue weighted by Gasteiger charge is -2.30. The summed E-state index contributed by atoms with van der Waals surface area (Å²) in [6.45, 7) is 0. The molecule has 0 saturated carbocycles. The molecule has 0 aliphatic heterocycles. The minimum Gasteiger partial charge on any atom is -0.0619 e. The van der Waals surface area contributed by atoms with E-state index in [1.54, 1.807) is 0 Å². The molecule has 4 aliphatic rings. The predicted molar refractivity (Wildman–Crippen MR) is 259 cm³/mol. The van der Waals surface area contributed by atoms with Crippen LogP contribution in [0.25, 0.3) is 98.0 Å². The van der Waals surface area contributed by atoms with Crippen LogP contribution in [0.15, 0.2) is 206 Å². The molecule has 282 valence electrons. The molecule has 4 aliphatic carbocycles. The molecule has 0 atom stereocenters. The lowest BCUT2D eigenvalue weighted by Crippen LogP contribution is -2.25. The van der Waals surface area contributed by atoms with E-state index in [4.69, 9.17) is 0 Å². The largest absolute Gasteiger partial charge is 0.0725 e. The maximum absolute atomic E-state index is 2.51. The van der Waals surface area contributed by atoms with Crippen molar-refractivity contribution in [1.29, 1.82) is 0 Å². The Bertz CT molecular complexity index is 4010. The standard InChI is InChI=1S/C62H34/c1-5-24-48-38(14-1)39-15-2-6-25-49(39)61(48)52-28-10-20-42-37-33-32-35(34-47(37)45-22-12-30-54(61)59(45)57(42)52)36-18-9-19-43-44-21-11-29-53-58(44)60-46(56(36)43)23-13-31-55(60)62(53)50-26-7-3-16-40(50)41-17-4-8-27-51(41)62/h1-34H. The summed E-state index contributed by atoms with van der Waals surface area (Å²) < 4.78 is 0. The van der Waals surface area contributed by atoms with Crippen molar-refractivity contribution < 1.29 is 0 Å². The molecule has 2 spiro atoms. The lowest BCUT2D eigenvalue weighted by molar-refractivity contribution is 0.797. The lowest BCUT2D eigenvalue weighted by atomic mass is 9.70. The van der Waals surface area contributed by atoms with Crippen LogP contribution in [-0.2, 0) is 10.8 Å². The van der Waals surface area contributed by atoms with Gasteiger partial charge in [-0.2, -0.15) is 0 Å². The van der Waals surface area contributed by atoms with Crippen molar-refractivity contribution in [2.24, 2.45) is 0 Å². The quantitative estimate of drug-likeness (QED) is 0.146. The van der Waals surface area contributed by atoms with Crippen LogP contribution in [0.5, 0.6) is 0 Å². The minimum atomic E-state index is -0.366. The summed E-state index contributed by atoms with van der Waals surface area (Å²) in [5.41, 5.74) is 18.4. The summed E-state index contributed by atoms with van der Waals surface area (Å²) in [6.07, 6.45) is 0.